The van der Waals surface area contributed by atoms with E-state index in [2.05, 4.69) is 14.9 Å². The van der Waals surface area contributed by atoms with Gasteiger partial charge in [-0.2, -0.15) is 0 Å². The van der Waals surface area contributed by atoms with Gasteiger partial charge in [0.2, 0.25) is 0 Å². The number of aromatic nitrogens is 2. The molecule has 0 aliphatic rings. The molecule has 15 heavy (non-hydrogen) atoms. The van der Waals surface area contributed by atoms with Gasteiger partial charge in [0.05, 0.1) is 16.3 Å². The molecule has 0 aliphatic heterocycles. The first-order chi connectivity index (χ1) is 7.20. The van der Waals surface area contributed by atoms with Gasteiger partial charge < -0.3 is 9.15 Å². The van der Waals surface area contributed by atoms with Crippen molar-refractivity contribution in [1.82, 2.24) is 10.2 Å². The molecule has 5 nitrogen and oxygen atoms in total. The smallest absolute Gasteiger partial charge is 0.396 e. The number of rotatable bonds is 2. The molecule has 78 valence electrons. The van der Waals surface area contributed by atoms with Crippen LogP contribution in [-0.4, -0.2) is 23.3 Å². The van der Waals surface area contributed by atoms with Crippen molar-refractivity contribution in [2.45, 2.75) is 0 Å². The molecule has 0 aromatic carbocycles. The van der Waals surface area contributed by atoms with E-state index in [0.717, 1.165) is 0 Å². The summed E-state index contributed by atoms with van der Waals surface area (Å²) in [5, 5.41) is 7.25. The van der Waals surface area contributed by atoms with E-state index in [9.17, 15) is 4.79 Å². The molecule has 7 heteroatoms. The number of halogens is 1. The summed E-state index contributed by atoms with van der Waals surface area (Å²) < 4.78 is 10.1. The van der Waals surface area contributed by atoms with Crippen molar-refractivity contribution in [3.05, 3.63) is 22.4 Å². The summed E-state index contributed by atoms with van der Waals surface area (Å²) in [6, 6.07) is 3.45. The van der Waals surface area contributed by atoms with Gasteiger partial charge in [-0.25, -0.2) is 4.79 Å². The molecular weight excluding hydrogens is 240 g/mol. The number of carbonyl (C=O) groups excluding carboxylic acids is 1. The van der Waals surface area contributed by atoms with Crippen LogP contribution in [0.3, 0.4) is 0 Å². The second-order valence-corrected chi connectivity index (χ2v) is 4.22. The Morgan fingerprint density at radius 2 is 2.33 bits per heavy atom. The number of ether oxygens (including phenoxy) is 1. The summed E-state index contributed by atoms with van der Waals surface area (Å²) in [5.74, 6) is -0.569. The Morgan fingerprint density at radius 3 is 2.93 bits per heavy atom. The van der Waals surface area contributed by atoms with Gasteiger partial charge in [0.15, 0.2) is 0 Å². The molecule has 2 aromatic heterocycles. The SMILES string of the molecule is COC(=O)c1nnc(-c2ccc(Cl)s2)o1. The summed E-state index contributed by atoms with van der Waals surface area (Å²) >= 11 is 7.03. The highest BCUT2D eigenvalue weighted by atomic mass is 35.5. The average Bonchev–Trinajstić information content (AvgIpc) is 2.84. The standard InChI is InChI=1S/C8H5ClN2O3S/c1-13-8(12)7-11-10-6(14-7)4-2-3-5(9)15-4/h2-3H,1H3. The zero-order valence-corrected chi connectivity index (χ0v) is 9.13. The third-order valence-corrected chi connectivity index (χ3v) is 2.79. The van der Waals surface area contributed by atoms with Crippen LogP contribution >= 0.6 is 22.9 Å². The van der Waals surface area contributed by atoms with Gasteiger partial charge in [-0.3, -0.25) is 0 Å². The van der Waals surface area contributed by atoms with Gasteiger partial charge in [0.1, 0.15) is 0 Å². The van der Waals surface area contributed by atoms with Crippen LogP contribution in [0.1, 0.15) is 10.7 Å². The van der Waals surface area contributed by atoms with E-state index in [1.54, 1.807) is 12.1 Å². The molecule has 0 atom stereocenters. The van der Waals surface area contributed by atoms with E-state index in [1.807, 2.05) is 0 Å². The quantitative estimate of drug-likeness (QED) is 0.758. The molecule has 0 unspecified atom stereocenters. The molecule has 0 spiro atoms. The van der Waals surface area contributed by atoms with Crippen molar-refractivity contribution in [3.8, 4) is 10.8 Å². The first-order valence-corrected chi connectivity index (χ1v) is 5.07. The number of thiophene rings is 1. The Balaban J connectivity index is 2.31. The third kappa shape index (κ3) is 2.00. The van der Waals surface area contributed by atoms with Crippen LogP contribution in [0.5, 0.6) is 0 Å². The molecule has 0 N–H and O–H groups in total. The molecule has 0 radical (unpaired) electrons. The largest absolute Gasteiger partial charge is 0.462 e. The molecule has 2 rings (SSSR count). The maximum Gasteiger partial charge on any atom is 0.396 e. The van der Waals surface area contributed by atoms with E-state index in [1.165, 1.54) is 18.4 Å². The molecule has 2 aromatic rings. The van der Waals surface area contributed by atoms with Gasteiger partial charge in [-0.15, -0.1) is 21.5 Å². The highest BCUT2D eigenvalue weighted by Gasteiger charge is 2.16. The minimum atomic E-state index is -0.656. The minimum Gasteiger partial charge on any atom is -0.462 e. The normalized spacial score (nSPS) is 10.3. The molecule has 0 saturated carbocycles. The summed E-state index contributed by atoms with van der Waals surface area (Å²) in [7, 11) is 1.24. The Hall–Kier alpha value is -1.40. The lowest BCUT2D eigenvalue weighted by atomic mass is 10.5. The van der Waals surface area contributed by atoms with E-state index < -0.39 is 5.97 Å². The second-order valence-electron chi connectivity index (χ2n) is 2.51. The average molecular weight is 245 g/mol. The van der Waals surface area contributed by atoms with Crippen molar-refractivity contribution >= 4 is 28.9 Å². The lowest BCUT2D eigenvalue weighted by Gasteiger charge is -1.89. The Bertz CT molecular complexity index is 494. The highest BCUT2D eigenvalue weighted by Crippen LogP contribution is 2.29. The summed E-state index contributed by atoms with van der Waals surface area (Å²) in [4.78, 5) is 11.7. The molecule has 0 amide bonds. The van der Waals surface area contributed by atoms with Gasteiger partial charge in [0, 0.05) is 0 Å². The van der Waals surface area contributed by atoms with Gasteiger partial charge >= 0.3 is 11.9 Å². The van der Waals surface area contributed by atoms with E-state index in [-0.39, 0.29) is 11.8 Å². The summed E-state index contributed by atoms with van der Waals surface area (Å²) in [6.45, 7) is 0. The minimum absolute atomic E-state index is 0.169. The highest BCUT2D eigenvalue weighted by molar-refractivity contribution is 7.19. The predicted octanol–water partition coefficient (Wildman–Crippen LogP) is 2.24. The topological polar surface area (TPSA) is 65.2 Å². The second kappa shape index (κ2) is 4.00. The number of esters is 1. The zero-order valence-electron chi connectivity index (χ0n) is 7.56. The van der Waals surface area contributed by atoms with Crippen molar-refractivity contribution in [3.63, 3.8) is 0 Å². The monoisotopic (exact) mass is 244 g/mol. The van der Waals surface area contributed by atoms with Crippen LogP contribution in [0, 0.1) is 0 Å². The number of nitrogens with zero attached hydrogens (tertiary/aromatic N) is 2. The molecule has 0 saturated heterocycles. The van der Waals surface area contributed by atoms with E-state index in [0.29, 0.717) is 9.21 Å². The van der Waals surface area contributed by atoms with Gasteiger partial charge in [-0.05, 0) is 12.1 Å². The van der Waals surface area contributed by atoms with Gasteiger partial charge in [0.25, 0.3) is 5.89 Å². The Morgan fingerprint density at radius 1 is 1.53 bits per heavy atom. The first-order valence-electron chi connectivity index (χ1n) is 3.88. The van der Waals surface area contributed by atoms with Crippen LogP contribution in [0.15, 0.2) is 16.5 Å². The van der Waals surface area contributed by atoms with Gasteiger partial charge in [-0.1, -0.05) is 11.6 Å². The molecule has 0 fully saturated rings. The maximum absolute atomic E-state index is 11.0. The number of hydrogen-bond donors (Lipinski definition) is 0. The van der Waals surface area contributed by atoms with Crippen molar-refractivity contribution in [2.24, 2.45) is 0 Å². The lowest BCUT2D eigenvalue weighted by Crippen LogP contribution is -2.00. The van der Waals surface area contributed by atoms with Crippen LogP contribution < -0.4 is 0 Å². The van der Waals surface area contributed by atoms with Crippen LogP contribution in [-0.2, 0) is 4.74 Å². The number of methoxy groups -OCH3 is 1. The zero-order chi connectivity index (χ0) is 10.8. The molecular formula is C8H5ClN2O3S. The Kier molecular flexibility index (Phi) is 2.70. The van der Waals surface area contributed by atoms with E-state index in [4.69, 9.17) is 16.0 Å². The van der Waals surface area contributed by atoms with Crippen molar-refractivity contribution < 1.29 is 13.9 Å². The summed E-state index contributed by atoms with van der Waals surface area (Å²) in [6.07, 6.45) is 0. The van der Waals surface area contributed by atoms with Crippen LogP contribution in [0.4, 0.5) is 0 Å². The molecule has 0 aliphatic carbocycles. The Labute approximate surface area is 93.6 Å². The fraction of sp³-hybridized carbons (Fsp3) is 0.125. The fourth-order valence-electron chi connectivity index (χ4n) is 0.922. The van der Waals surface area contributed by atoms with Crippen molar-refractivity contribution in [1.29, 1.82) is 0 Å². The predicted molar refractivity (Wildman–Crippen MR) is 54.0 cm³/mol. The number of hydrogen-bond acceptors (Lipinski definition) is 6. The van der Waals surface area contributed by atoms with Crippen LogP contribution in [0.2, 0.25) is 4.34 Å². The van der Waals surface area contributed by atoms with E-state index >= 15 is 0 Å². The summed E-state index contributed by atoms with van der Waals surface area (Å²) in [5.41, 5.74) is 0. The van der Waals surface area contributed by atoms with Crippen molar-refractivity contribution in [2.75, 3.05) is 7.11 Å². The fourth-order valence-corrected chi connectivity index (χ4v) is 1.89. The number of carbonyl (C=O) groups is 1. The molecule has 0 bridgehead atoms. The molecule has 2 heterocycles. The lowest BCUT2D eigenvalue weighted by molar-refractivity contribution is 0.0557. The maximum atomic E-state index is 11.0. The first kappa shape index (κ1) is 10.1. The third-order valence-electron chi connectivity index (χ3n) is 1.57. The van der Waals surface area contributed by atoms with Crippen LogP contribution in [0.25, 0.3) is 10.8 Å².